The third kappa shape index (κ3) is 8.92. The summed E-state index contributed by atoms with van der Waals surface area (Å²) in [6.07, 6.45) is 0.413. The van der Waals surface area contributed by atoms with Crippen LogP contribution in [-0.4, -0.2) is 41.2 Å². The van der Waals surface area contributed by atoms with E-state index >= 15 is 0 Å². The minimum absolute atomic E-state index is 0.0702. The molecule has 2 aromatic rings. The number of ether oxygens (including phenoxy) is 4. The zero-order valence-electron chi connectivity index (χ0n) is 20.2. The molecule has 0 unspecified atom stereocenters. The van der Waals surface area contributed by atoms with Crippen molar-refractivity contribution in [3.8, 4) is 23.0 Å². The summed E-state index contributed by atoms with van der Waals surface area (Å²) in [5, 5.41) is 0. The molecule has 0 heterocycles. The SMILES string of the molecule is CC(=O)Oc1ccc(CCN(Cc2ccc(OC(C)=O)c(OC(C)=O)c2)C(C)=O)cc1OC(C)=O. The van der Waals surface area contributed by atoms with Gasteiger partial charge in [0.1, 0.15) is 0 Å². The Bertz CT molecular complexity index is 1140. The Kier molecular flexibility index (Phi) is 9.51. The highest BCUT2D eigenvalue weighted by molar-refractivity contribution is 5.75. The predicted molar refractivity (Wildman–Crippen MR) is 123 cm³/mol. The van der Waals surface area contributed by atoms with Gasteiger partial charge in [-0.1, -0.05) is 12.1 Å². The lowest BCUT2D eigenvalue weighted by Gasteiger charge is -2.22. The molecule has 0 aromatic heterocycles. The second-order valence-electron chi connectivity index (χ2n) is 7.63. The summed E-state index contributed by atoms with van der Waals surface area (Å²) < 4.78 is 20.4. The highest BCUT2D eigenvalue weighted by atomic mass is 16.6. The lowest BCUT2D eigenvalue weighted by atomic mass is 10.1. The normalized spacial score (nSPS) is 10.2. The Morgan fingerprint density at radius 3 is 1.43 bits per heavy atom. The average Bonchev–Trinajstić information content (AvgIpc) is 2.73. The van der Waals surface area contributed by atoms with Crippen LogP contribution in [0.3, 0.4) is 0 Å². The van der Waals surface area contributed by atoms with Gasteiger partial charge in [-0.05, 0) is 41.8 Å². The van der Waals surface area contributed by atoms with Gasteiger partial charge < -0.3 is 23.8 Å². The smallest absolute Gasteiger partial charge is 0.308 e. The first-order valence-corrected chi connectivity index (χ1v) is 10.7. The molecule has 0 aliphatic rings. The van der Waals surface area contributed by atoms with Gasteiger partial charge >= 0.3 is 23.9 Å². The van der Waals surface area contributed by atoms with Crippen molar-refractivity contribution in [2.24, 2.45) is 0 Å². The topological polar surface area (TPSA) is 126 Å². The molecule has 35 heavy (non-hydrogen) atoms. The molecule has 0 fully saturated rings. The molecular weight excluding hydrogens is 458 g/mol. The van der Waals surface area contributed by atoms with Crippen LogP contribution in [0.2, 0.25) is 0 Å². The van der Waals surface area contributed by atoms with E-state index in [2.05, 4.69) is 0 Å². The van der Waals surface area contributed by atoms with Gasteiger partial charge in [-0.3, -0.25) is 24.0 Å². The quantitative estimate of drug-likeness (QED) is 0.389. The molecule has 2 rings (SSSR count). The number of rotatable bonds is 9. The first kappa shape index (κ1) is 27.0. The van der Waals surface area contributed by atoms with Crippen LogP contribution in [0.4, 0.5) is 0 Å². The lowest BCUT2D eigenvalue weighted by molar-refractivity contribution is -0.134. The van der Waals surface area contributed by atoms with Gasteiger partial charge in [-0.25, -0.2) is 0 Å². The van der Waals surface area contributed by atoms with Crippen molar-refractivity contribution < 1.29 is 42.9 Å². The minimum atomic E-state index is -0.584. The summed E-state index contributed by atoms with van der Waals surface area (Å²) in [4.78, 5) is 59.3. The molecule has 0 bridgehead atoms. The molecule has 186 valence electrons. The molecule has 0 N–H and O–H groups in total. The minimum Gasteiger partial charge on any atom is -0.423 e. The summed E-state index contributed by atoms with van der Waals surface area (Å²) in [6.45, 7) is 6.87. The fraction of sp³-hybridized carbons (Fsp3) is 0.320. The van der Waals surface area contributed by atoms with Crippen molar-refractivity contribution in [2.75, 3.05) is 6.54 Å². The van der Waals surface area contributed by atoms with E-state index in [0.29, 0.717) is 18.5 Å². The van der Waals surface area contributed by atoms with Crippen LogP contribution in [0.25, 0.3) is 0 Å². The second-order valence-corrected chi connectivity index (χ2v) is 7.63. The van der Waals surface area contributed by atoms with Gasteiger partial charge in [-0.2, -0.15) is 0 Å². The maximum absolute atomic E-state index is 12.3. The molecule has 2 aromatic carbocycles. The number of carbonyl (C=O) groups excluding carboxylic acids is 5. The highest BCUT2D eigenvalue weighted by Gasteiger charge is 2.16. The predicted octanol–water partition coefficient (Wildman–Crippen LogP) is 2.98. The first-order chi connectivity index (χ1) is 16.4. The summed E-state index contributed by atoms with van der Waals surface area (Å²) >= 11 is 0. The van der Waals surface area contributed by atoms with Crippen molar-refractivity contribution in [3.05, 3.63) is 47.5 Å². The molecule has 0 spiro atoms. The maximum atomic E-state index is 12.3. The maximum Gasteiger partial charge on any atom is 0.308 e. The number of amides is 1. The van der Waals surface area contributed by atoms with Gasteiger partial charge in [0.05, 0.1) is 0 Å². The van der Waals surface area contributed by atoms with Crippen molar-refractivity contribution in [1.29, 1.82) is 0 Å². The van der Waals surface area contributed by atoms with E-state index in [1.807, 2.05) is 0 Å². The van der Waals surface area contributed by atoms with Crippen molar-refractivity contribution in [2.45, 2.75) is 47.6 Å². The van der Waals surface area contributed by atoms with E-state index in [1.165, 1.54) is 52.8 Å². The number of hydrogen-bond donors (Lipinski definition) is 0. The van der Waals surface area contributed by atoms with Crippen LogP contribution >= 0.6 is 0 Å². The zero-order valence-corrected chi connectivity index (χ0v) is 20.2. The molecule has 1 amide bonds. The van der Waals surface area contributed by atoms with Crippen LogP contribution in [0.1, 0.15) is 45.7 Å². The van der Waals surface area contributed by atoms with Gasteiger partial charge in [0, 0.05) is 47.7 Å². The fourth-order valence-corrected chi connectivity index (χ4v) is 3.14. The van der Waals surface area contributed by atoms with Crippen molar-refractivity contribution in [1.82, 2.24) is 4.90 Å². The average molecular weight is 485 g/mol. The molecule has 0 radical (unpaired) electrons. The molecule has 0 atom stereocenters. The summed E-state index contributed by atoms with van der Waals surface area (Å²) in [5.41, 5.74) is 1.40. The van der Waals surface area contributed by atoms with E-state index < -0.39 is 23.9 Å². The standard InChI is InChI=1S/C25H27NO9/c1-15(27)26(14-21-7-9-23(33-17(3)29)25(13-21)35-19(5)31)11-10-20-6-8-22(32-16(2)28)24(12-20)34-18(4)30/h6-9,12-13H,10-11,14H2,1-5H3. The van der Waals surface area contributed by atoms with Crippen LogP contribution < -0.4 is 18.9 Å². The number of hydrogen-bond acceptors (Lipinski definition) is 9. The lowest BCUT2D eigenvalue weighted by Crippen LogP contribution is -2.30. The van der Waals surface area contributed by atoms with Crippen LogP contribution in [0.15, 0.2) is 36.4 Å². The van der Waals surface area contributed by atoms with Crippen molar-refractivity contribution >= 4 is 29.8 Å². The van der Waals surface area contributed by atoms with Gasteiger partial charge in [0.15, 0.2) is 23.0 Å². The second kappa shape index (κ2) is 12.3. The van der Waals surface area contributed by atoms with E-state index in [1.54, 1.807) is 23.1 Å². The van der Waals surface area contributed by atoms with E-state index in [4.69, 9.17) is 18.9 Å². The highest BCUT2D eigenvalue weighted by Crippen LogP contribution is 2.31. The number of esters is 4. The van der Waals surface area contributed by atoms with Crippen LogP contribution in [-0.2, 0) is 36.9 Å². The molecule has 0 aliphatic carbocycles. The van der Waals surface area contributed by atoms with Crippen LogP contribution in [0.5, 0.6) is 23.0 Å². The van der Waals surface area contributed by atoms with Gasteiger partial charge in [0.2, 0.25) is 5.91 Å². The van der Waals surface area contributed by atoms with E-state index in [9.17, 15) is 24.0 Å². The molecule has 0 aliphatic heterocycles. The number of carbonyl (C=O) groups is 5. The largest absolute Gasteiger partial charge is 0.423 e. The third-order valence-electron chi connectivity index (χ3n) is 4.52. The Morgan fingerprint density at radius 1 is 0.600 bits per heavy atom. The van der Waals surface area contributed by atoms with Gasteiger partial charge in [0.25, 0.3) is 0 Å². The molecule has 0 saturated heterocycles. The molecular formula is C25H27NO9. The molecule has 10 heteroatoms. The molecule has 10 nitrogen and oxygen atoms in total. The monoisotopic (exact) mass is 485 g/mol. The van der Waals surface area contributed by atoms with Gasteiger partial charge in [-0.15, -0.1) is 0 Å². The number of benzene rings is 2. The third-order valence-corrected chi connectivity index (χ3v) is 4.52. The summed E-state index contributed by atoms with van der Waals surface area (Å²) in [5.74, 6) is -2.08. The Morgan fingerprint density at radius 2 is 1.00 bits per heavy atom. The number of nitrogens with zero attached hydrogens (tertiary/aromatic N) is 1. The summed E-state index contributed by atoms with van der Waals surface area (Å²) in [7, 11) is 0. The zero-order chi connectivity index (χ0) is 26.1. The Balaban J connectivity index is 2.20. The van der Waals surface area contributed by atoms with E-state index in [-0.39, 0.29) is 35.4 Å². The Labute approximate surface area is 202 Å². The van der Waals surface area contributed by atoms with Crippen LogP contribution in [0, 0.1) is 0 Å². The van der Waals surface area contributed by atoms with Crippen molar-refractivity contribution in [3.63, 3.8) is 0 Å². The molecule has 0 saturated carbocycles. The first-order valence-electron chi connectivity index (χ1n) is 10.7. The summed E-state index contributed by atoms with van der Waals surface area (Å²) in [6, 6.07) is 9.48. The van der Waals surface area contributed by atoms with E-state index in [0.717, 1.165) is 5.56 Å². The fourth-order valence-electron chi connectivity index (χ4n) is 3.14. The Hall–Kier alpha value is -4.21.